The first kappa shape index (κ1) is 26.1. The number of nitrogens with zero attached hydrogens (tertiary/aromatic N) is 2. The molecule has 7 heteroatoms. The summed E-state index contributed by atoms with van der Waals surface area (Å²) in [4.78, 5) is 16.8. The van der Waals surface area contributed by atoms with Crippen LogP contribution in [0.15, 0.2) is 84.4 Å². The fourth-order valence-corrected chi connectivity index (χ4v) is 4.42. The first-order valence-corrected chi connectivity index (χ1v) is 11.6. The van der Waals surface area contributed by atoms with Crippen molar-refractivity contribution in [2.75, 3.05) is 7.05 Å². The van der Waals surface area contributed by atoms with E-state index in [0.717, 1.165) is 44.6 Å². The molecule has 0 atom stereocenters. The van der Waals surface area contributed by atoms with Gasteiger partial charge in [0, 0.05) is 12.4 Å². The maximum Gasteiger partial charge on any atom is 0.250 e. The minimum Gasteiger partial charge on any atom is -0.487 e. The van der Waals surface area contributed by atoms with Crippen LogP contribution in [0.2, 0.25) is 0 Å². The van der Waals surface area contributed by atoms with Gasteiger partial charge >= 0.3 is 0 Å². The molecular weight excluding hydrogens is 491 g/mol. The summed E-state index contributed by atoms with van der Waals surface area (Å²) >= 11 is 0. The van der Waals surface area contributed by atoms with Gasteiger partial charge in [0.1, 0.15) is 18.2 Å². The Kier molecular flexibility index (Phi) is 7.71. The number of pyridine rings is 1. The van der Waals surface area contributed by atoms with Gasteiger partial charge < -0.3 is 4.74 Å². The monoisotopic (exact) mass is 516 g/mol. The number of hydrogen-bond donors (Lipinski definition) is 1. The number of halogens is 2. The average Bonchev–Trinajstić information content (AvgIpc) is 3.13. The minimum atomic E-state index is -0.455. The molecule has 1 N–H and O–H groups in total. The lowest BCUT2D eigenvalue weighted by Gasteiger charge is -2.10. The van der Waals surface area contributed by atoms with E-state index in [0.29, 0.717) is 22.8 Å². The molecule has 0 radical (unpaired) electrons. The van der Waals surface area contributed by atoms with Crippen LogP contribution in [-0.4, -0.2) is 28.2 Å². The summed E-state index contributed by atoms with van der Waals surface area (Å²) in [6.45, 7) is 2.28. The van der Waals surface area contributed by atoms with Crippen molar-refractivity contribution in [1.29, 1.82) is 0 Å². The summed E-state index contributed by atoms with van der Waals surface area (Å²) in [5.41, 5.74) is 6.79. The fourth-order valence-electron chi connectivity index (χ4n) is 4.42. The number of amides is 1. The molecule has 1 heterocycles. The predicted octanol–water partition coefficient (Wildman–Crippen LogP) is 6.94. The molecule has 1 aliphatic rings. The SMILES string of the molecule is CC1=C(CC(=O)N(C)O)c2cc(F)ccc2C1=Cc1ccc(OCc2ccc3ccccc3n2)cc1.Cl. The topological polar surface area (TPSA) is 62.7 Å². The zero-order valence-corrected chi connectivity index (χ0v) is 21.3. The Hall–Kier alpha value is -4.00. The van der Waals surface area contributed by atoms with E-state index in [9.17, 15) is 14.4 Å². The van der Waals surface area contributed by atoms with E-state index >= 15 is 0 Å². The number of aromatic nitrogens is 1. The molecule has 4 aromatic rings. The smallest absolute Gasteiger partial charge is 0.250 e. The molecule has 0 saturated heterocycles. The molecule has 5 rings (SSSR count). The van der Waals surface area contributed by atoms with Crippen LogP contribution in [0, 0.1) is 5.82 Å². The minimum absolute atomic E-state index is 0. The van der Waals surface area contributed by atoms with Gasteiger partial charge in [-0.15, -0.1) is 12.4 Å². The third-order valence-electron chi connectivity index (χ3n) is 6.38. The molecule has 1 amide bonds. The van der Waals surface area contributed by atoms with Crippen LogP contribution < -0.4 is 4.74 Å². The Bertz CT molecular complexity index is 1530. The van der Waals surface area contributed by atoms with Gasteiger partial charge in [-0.1, -0.05) is 42.5 Å². The molecule has 188 valence electrons. The number of ether oxygens (including phenoxy) is 1. The van der Waals surface area contributed by atoms with Gasteiger partial charge in [-0.05, 0) is 82.8 Å². The predicted molar refractivity (Wildman–Crippen MR) is 146 cm³/mol. The fraction of sp³-hybridized carbons (Fsp3) is 0.133. The first-order valence-electron chi connectivity index (χ1n) is 11.6. The highest BCUT2D eigenvalue weighted by molar-refractivity contribution is 6.08. The number of rotatable bonds is 6. The quantitative estimate of drug-likeness (QED) is 0.223. The first-order chi connectivity index (χ1) is 17.4. The number of fused-ring (bicyclic) bond motifs is 2. The molecule has 37 heavy (non-hydrogen) atoms. The van der Waals surface area contributed by atoms with E-state index < -0.39 is 5.91 Å². The highest BCUT2D eigenvalue weighted by Crippen LogP contribution is 2.44. The number of hydrogen-bond acceptors (Lipinski definition) is 4. The Morgan fingerprint density at radius 2 is 1.78 bits per heavy atom. The Morgan fingerprint density at radius 3 is 2.54 bits per heavy atom. The van der Waals surface area contributed by atoms with E-state index in [1.807, 2.05) is 73.7 Å². The van der Waals surface area contributed by atoms with Crippen molar-refractivity contribution in [3.8, 4) is 5.75 Å². The Labute approximate surface area is 220 Å². The third kappa shape index (κ3) is 5.56. The summed E-state index contributed by atoms with van der Waals surface area (Å²) in [5.74, 6) is -0.0961. The lowest BCUT2D eigenvalue weighted by Crippen LogP contribution is -2.22. The van der Waals surface area contributed by atoms with Crippen molar-refractivity contribution in [2.45, 2.75) is 20.0 Å². The number of para-hydroxylation sites is 1. The van der Waals surface area contributed by atoms with Crippen molar-refractivity contribution >= 4 is 46.4 Å². The molecule has 1 aromatic heterocycles. The van der Waals surface area contributed by atoms with Crippen LogP contribution in [0.3, 0.4) is 0 Å². The summed E-state index contributed by atoms with van der Waals surface area (Å²) in [6, 6.07) is 24.3. The number of carbonyl (C=O) groups is 1. The maximum atomic E-state index is 14.0. The van der Waals surface area contributed by atoms with Crippen molar-refractivity contribution in [2.24, 2.45) is 0 Å². The Balaban J connectivity index is 0.00000320. The van der Waals surface area contributed by atoms with Gasteiger partial charge in [0.05, 0.1) is 17.6 Å². The summed E-state index contributed by atoms with van der Waals surface area (Å²) in [6.07, 6.45) is 2.00. The van der Waals surface area contributed by atoms with E-state index in [1.54, 1.807) is 6.07 Å². The van der Waals surface area contributed by atoms with Crippen molar-refractivity contribution in [1.82, 2.24) is 10.0 Å². The van der Waals surface area contributed by atoms with Crippen LogP contribution in [0.4, 0.5) is 4.39 Å². The second-order valence-corrected chi connectivity index (χ2v) is 8.80. The van der Waals surface area contributed by atoms with Crippen molar-refractivity contribution in [3.63, 3.8) is 0 Å². The van der Waals surface area contributed by atoms with Crippen LogP contribution in [0.5, 0.6) is 5.75 Å². The van der Waals surface area contributed by atoms with Crippen molar-refractivity contribution in [3.05, 3.63) is 113 Å². The second kappa shape index (κ2) is 10.9. The normalized spacial score (nSPS) is 13.5. The molecule has 0 aliphatic heterocycles. The van der Waals surface area contributed by atoms with Gasteiger partial charge in [-0.3, -0.25) is 10.0 Å². The van der Waals surface area contributed by atoms with Crippen LogP contribution >= 0.6 is 12.4 Å². The molecular formula is C30H26ClFN2O3. The van der Waals surface area contributed by atoms with Gasteiger partial charge in [-0.2, -0.15) is 0 Å². The number of allylic oxidation sites excluding steroid dienone is 2. The number of hydroxylamine groups is 2. The average molecular weight is 517 g/mol. The van der Waals surface area contributed by atoms with E-state index in [-0.39, 0.29) is 24.6 Å². The lowest BCUT2D eigenvalue weighted by molar-refractivity contribution is -0.157. The Morgan fingerprint density at radius 1 is 1.03 bits per heavy atom. The van der Waals surface area contributed by atoms with Gasteiger partial charge in [0.15, 0.2) is 0 Å². The number of carbonyl (C=O) groups excluding carboxylic acids is 1. The molecule has 5 nitrogen and oxygen atoms in total. The van der Waals surface area contributed by atoms with Crippen molar-refractivity contribution < 1.29 is 19.1 Å². The van der Waals surface area contributed by atoms with E-state index in [1.165, 1.54) is 19.2 Å². The van der Waals surface area contributed by atoms with E-state index in [2.05, 4.69) is 4.98 Å². The summed E-state index contributed by atoms with van der Waals surface area (Å²) in [7, 11) is 1.29. The molecule has 0 bridgehead atoms. The molecule has 3 aromatic carbocycles. The van der Waals surface area contributed by atoms with E-state index in [4.69, 9.17) is 4.74 Å². The lowest BCUT2D eigenvalue weighted by atomic mass is 10.0. The van der Waals surface area contributed by atoms with Gasteiger partial charge in [-0.25, -0.2) is 14.4 Å². The molecule has 1 aliphatic carbocycles. The number of benzene rings is 3. The maximum absolute atomic E-state index is 14.0. The highest BCUT2D eigenvalue weighted by atomic mass is 35.5. The van der Waals surface area contributed by atoms with Gasteiger partial charge in [0.2, 0.25) is 5.91 Å². The van der Waals surface area contributed by atoms with Crippen LogP contribution in [0.1, 0.15) is 35.7 Å². The molecule has 0 spiro atoms. The third-order valence-corrected chi connectivity index (χ3v) is 6.38. The van der Waals surface area contributed by atoms with Crippen LogP contribution in [-0.2, 0) is 11.4 Å². The molecule has 0 unspecified atom stereocenters. The van der Waals surface area contributed by atoms with Gasteiger partial charge in [0.25, 0.3) is 0 Å². The zero-order valence-electron chi connectivity index (χ0n) is 20.4. The zero-order chi connectivity index (χ0) is 25.2. The second-order valence-electron chi connectivity index (χ2n) is 8.80. The summed E-state index contributed by atoms with van der Waals surface area (Å²) < 4.78 is 20.0. The molecule has 0 fully saturated rings. The van der Waals surface area contributed by atoms with Crippen LogP contribution in [0.25, 0.3) is 28.1 Å². The largest absolute Gasteiger partial charge is 0.487 e. The summed E-state index contributed by atoms with van der Waals surface area (Å²) in [5, 5.41) is 11.2. The molecule has 0 saturated carbocycles. The standard InChI is InChI=1S/C30H25FN2O3.ClH/c1-19-26(25-14-10-22(31)16-28(25)27(19)17-30(34)33(2)35)15-20-7-12-24(13-8-20)36-18-23-11-9-21-5-3-4-6-29(21)32-23;/h3-16,35H,17-18H2,1-2H3;1H. The highest BCUT2D eigenvalue weighted by Gasteiger charge is 2.26.